The molecular formula is C29H29ClN2O5. The van der Waals surface area contributed by atoms with Gasteiger partial charge in [-0.3, -0.25) is 14.5 Å². The number of hydrogen-bond donors (Lipinski definition) is 2. The van der Waals surface area contributed by atoms with E-state index in [1.54, 1.807) is 42.5 Å². The van der Waals surface area contributed by atoms with Gasteiger partial charge in [0.05, 0.1) is 23.2 Å². The van der Waals surface area contributed by atoms with Gasteiger partial charge in [0.1, 0.15) is 17.3 Å². The highest BCUT2D eigenvalue weighted by Crippen LogP contribution is 2.43. The summed E-state index contributed by atoms with van der Waals surface area (Å²) in [4.78, 5) is 30.3. The molecule has 8 heteroatoms. The maximum absolute atomic E-state index is 13.4. The zero-order valence-corrected chi connectivity index (χ0v) is 21.7. The molecule has 0 radical (unpaired) electrons. The number of halogens is 1. The fourth-order valence-electron chi connectivity index (χ4n) is 4.56. The van der Waals surface area contributed by atoms with E-state index in [0.29, 0.717) is 34.2 Å². The number of aliphatic hydroxyl groups is 1. The van der Waals surface area contributed by atoms with E-state index in [0.717, 1.165) is 18.8 Å². The molecule has 1 unspecified atom stereocenters. The van der Waals surface area contributed by atoms with Gasteiger partial charge in [-0.1, -0.05) is 23.7 Å². The van der Waals surface area contributed by atoms with E-state index in [2.05, 4.69) is 18.7 Å². The van der Waals surface area contributed by atoms with Crippen molar-refractivity contribution >= 4 is 40.4 Å². The van der Waals surface area contributed by atoms with Crippen LogP contribution in [0.4, 0.5) is 11.4 Å². The van der Waals surface area contributed by atoms with Crippen LogP contribution in [0.3, 0.4) is 0 Å². The van der Waals surface area contributed by atoms with Crippen molar-refractivity contribution in [2.24, 2.45) is 0 Å². The van der Waals surface area contributed by atoms with Gasteiger partial charge in [-0.15, -0.1) is 0 Å². The molecule has 0 spiro atoms. The second-order valence-corrected chi connectivity index (χ2v) is 8.93. The van der Waals surface area contributed by atoms with Gasteiger partial charge in [-0.2, -0.15) is 0 Å². The van der Waals surface area contributed by atoms with Gasteiger partial charge < -0.3 is 19.8 Å². The molecule has 1 aliphatic rings. The Labute approximate surface area is 221 Å². The van der Waals surface area contributed by atoms with E-state index in [1.165, 1.54) is 17.0 Å². The molecule has 0 aromatic heterocycles. The van der Waals surface area contributed by atoms with Crippen LogP contribution in [-0.2, 0) is 9.59 Å². The molecule has 7 nitrogen and oxygen atoms in total. The second kappa shape index (κ2) is 11.0. The Balaban J connectivity index is 1.87. The van der Waals surface area contributed by atoms with Crippen LogP contribution in [0.2, 0.25) is 5.02 Å². The molecule has 1 amide bonds. The largest absolute Gasteiger partial charge is 0.508 e. The molecule has 37 heavy (non-hydrogen) atoms. The van der Waals surface area contributed by atoms with Gasteiger partial charge in [-0.05, 0) is 80.9 Å². The number of nitrogens with zero attached hydrogens (tertiary/aromatic N) is 2. The molecule has 3 aromatic rings. The van der Waals surface area contributed by atoms with E-state index in [-0.39, 0.29) is 17.1 Å². The smallest absolute Gasteiger partial charge is 0.300 e. The highest BCUT2D eigenvalue weighted by Gasteiger charge is 2.47. The first-order valence-electron chi connectivity index (χ1n) is 12.2. The summed E-state index contributed by atoms with van der Waals surface area (Å²) in [6.45, 7) is 7.97. The van der Waals surface area contributed by atoms with E-state index in [1.807, 2.05) is 19.1 Å². The standard InChI is InChI=1S/C29H29ClN2O5/c1-4-31(5-2)20-10-12-21(13-11-20)32-26(18-7-14-22(33)15-8-18)25(28(35)29(32)36)27(34)19-9-16-23(30)24(17-19)37-6-3/h7-17,26,33-34H,4-6H2,1-3H3/b27-25-. The van der Waals surface area contributed by atoms with E-state index in [4.69, 9.17) is 16.3 Å². The highest BCUT2D eigenvalue weighted by atomic mass is 35.5. The minimum atomic E-state index is -0.911. The minimum absolute atomic E-state index is 0.0448. The lowest BCUT2D eigenvalue weighted by molar-refractivity contribution is -0.132. The molecule has 192 valence electrons. The molecule has 1 heterocycles. The predicted octanol–water partition coefficient (Wildman–Crippen LogP) is 5.92. The quantitative estimate of drug-likeness (QED) is 0.218. The number of anilines is 2. The van der Waals surface area contributed by atoms with Crippen molar-refractivity contribution in [1.29, 1.82) is 0 Å². The van der Waals surface area contributed by atoms with Gasteiger partial charge in [0.15, 0.2) is 0 Å². The van der Waals surface area contributed by atoms with Crippen LogP contribution >= 0.6 is 11.6 Å². The van der Waals surface area contributed by atoms with Crippen LogP contribution in [0, 0.1) is 0 Å². The number of phenols is 1. The van der Waals surface area contributed by atoms with Crippen molar-refractivity contribution in [2.45, 2.75) is 26.8 Å². The van der Waals surface area contributed by atoms with Crippen molar-refractivity contribution in [1.82, 2.24) is 0 Å². The maximum Gasteiger partial charge on any atom is 0.300 e. The monoisotopic (exact) mass is 520 g/mol. The summed E-state index contributed by atoms with van der Waals surface area (Å²) < 4.78 is 5.54. The molecule has 1 aliphatic heterocycles. The maximum atomic E-state index is 13.4. The summed E-state index contributed by atoms with van der Waals surface area (Å²) in [7, 11) is 0. The molecule has 3 aromatic carbocycles. The average molecular weight is 521 g/mol. The van der Waals surface area contributed by atoms with Gasteiger partial charge in [0.25, 0.3) is 11.7 Å². The summed E-state index contributed by atoms with van der Waals surface area (Å²) in [6, 6.07) is 17.4. The molecule has 1 saturated heterocycles. The number of ketones is 1. The van der Waals surface area contributed by atoms with Crippen LogP contribution in [0.15, 0.2) is 72.3 Å². The number of carbonyl (C=O) groups excluding carboxylic acids is 2. The Morgan fingerprint density at radius 1 is 0.973 bits per heavy atom. The lowest BCUT2D eigenvalue weighted by atomic mass is 9.95. The number of ether oxygens (including phenoxy) is 1. The third kappa shape index (κ3) is 5.00. The van der Waals surface area contributed by atoms with E-state index >= 15 is 0 Å². The molecular weight excluding hydrogens is 492 g/mol. The van der Waals surface area contributed by atoms with Crippen LogP contribution in [0.25, 0.3) is 5.76 Å². The number of benzene rings is 3. The number of Topliss-reactive ketones (excluding diaryl/α,β-unsaturated/α-hetero) is 1. The molecule has 4 rings (SSSR count). The molecule has 0 saturated carbocycles. The summed E-state index contributed by atoms with van der Waals surface area (Å²) in [5, 5.41) is 21.5. The van der Waals surface area contributed by atoms with Gasteiger partial charge in [-0.25, -0.2) is 0 Å². The Kier molecular flexibility index (Phi) is 7.74. The SMILES string of the molecule is CCOc1cc(/C(O)=C2/C(=O)C(=O)N(c3ccc(N(CC)CC)cc3)C2c2ccc(O)cc2)ccc1Cl. The summed E-state index contributed by atoms with van der Waals surface area (Å²) >= 11 is 6.21. The number of aromatic hydroxyl groups is 1. The highest BCUT2D eigenvalue weighted by molar-refractivity contribution is 6.51. The first kappa shape index (κ1) is 26.1. The number of hydrogen-bond acceptors (Lipinski definition) is 6. The Morgan fingerprint density at radius 3 is 2.22 bits per heavy atom. The van der Waals surface area contributed by atoms with Crippen molar-refractivity contribution in [3.8, 4) is 11.5 Å². The fourth-order valence-corrected chi connectivity index (χ4v) is 4.73. The third-order valence-corrected chi connectivity index (χ3v) is 6.73. The Morgan fingerprint density at radius 2 is 1.62 bits per heavy atom. The molecule has 1 fully saturated rings. The first-order chi connectivity index (χ1) is 17.8. The number of amides is 1. The minimum Gasteiger partial charge on any atom is -0.508 e. The Bertz CT molecular complexity index is 1330. The molecule has 2 N–H and O–H groups in total. The van der Waals surface area contributed by atoms with Crippen LogP contribution < -0.4 is 14.5 Å². The summed E-state index contributed by atoms with van der Waals surface area (Å²) in [5.74, 6) is -1.50. The molecule has 1 atom stereocenters. The number of rotatable bonds is 8. The predicted molar refractivity (Wildman–Crippen MR) is 146 cm³/mol. The fraction of sp³-hybridized carbons (Fsp3) is 0.241. The topological polar surface area (TPSA) is 90.3 Å². The zero-order valence-electron chi connectivity index (χ0n) is 20.9. The normalized spacial score (nSPS) is 16.8. The molecule has 0 bridgehead atoms. The third-order valence-electron chi connectivity index (χ3n) is 6.41. The Hall–Kier alpha value is -3.97. The lowest BCUT2D eigenvalue weighted by Crippen LogP contribution is -2.29. The summed E-state index contributed by atoms with van der Waals surface area (Å²) in [5.41, 5.74) is 2.31. The lowest BCUT2D eigenvalue weighted by Gasteiger charge is -2.27. The van der Waals surface area contributed by atoms with Crippen molar-refractivity contribution < 1.29 is 24.5 Å². The van der Waals surface area contributed by atoms with Crippen LogP contribution in [0.5, 0.6) is 11.5 Å². The number of aliphatic hydroxyl groups excluding tert-OH is 1. The van der Waals surface area contributed by atoms with Gasteiger partial charge in [0, 0.05) is 30.0 Å². The van der Waals surface area contributed by atoms with Gasteiger partial charge in [0.2, 0.25) is 0 Å². The van der Waals surface area contributed by atoms with E-state index < -0.39 is 17.7 Å². The van der Waals surface area contributed by atoms with Crippen molar-refractivity contribution in [3.05, 3.63) is 88.5 Å². The zero-order chi connectivity index (χ0) is 26.7. The van der Waals surface area contributed by atoms with Gasteiger partial charge >= 0.3 is 0 Å². The average Bonchev–Trinajstić information content (AvgIpc) is 3.17. The molecule has 0 aliphatic carbocycles. The number of carbonyl (C=O) groups is 2. The second-order valence-electron chi connectivity index (χ2n) is 8.53. The van der Waals surface area contributed by atoms with Crippen LogP contribution in [-0.4, -0.2) is 41.6 Å². The van der Waals surface area contributed by atoms with Crippen molar-refractivity contribution in [2.75, 3.05) is 29.5 Å². The van der Waals surface area contributed by atoms with Crippen LogP contribution in [0.1, 0.15) is 37.9 Å². The number of phenolic OH excluding ortho intramolecular Hbond substituents is 1. The van der Waals surface area contributed by atoms with Crippen molar-refractivity contribution in [3.63, 3.8) is 0 Å². The first-order valence-corrected chi connectivity index (χ1v) is 12.6. The summed E-state index contributed by atoms with van der Waals surface area (Å²) in [6.07, 6.45) is 0. The van der Waals surface area contributed by atoms with E-state index in [9.17, 15) is 19.8 Å².